The summed E-state index contributed by atoms with van der Waals surface area (Å²) in [4.78, 5) is 0. The van der Waals surface area contributed by atoms with Crippen LogP contribution < -0.4 is 0 Å². The lowest BCUT2D eigenvalue weighted by molar-refractivity contribution is -0.334. The molecule has 0 radical (unpaired) electrons. The van der Waals surface area contributed by atoms with Gasteiger partial charge in [-0.2, -0.15) is 0 Å². The number of unbranched alkanes of at least 4 members (excludes halogenated alkanes) is 3. The lowest BCUT2D eigenvalue weighted by atomic mass is 9.61. The molecule has 1 aliphatic carbocycles. The Morgan fingerprint density at radius 3 is 2.44 bits per heavy atom. The minimum atomic E-state index is -0.0817. The van der Waals surface area contributed by atoms with Gasteiger partial charge in [-0.15, -0.1) is 0 Å². The molecule has 0 aromatic heterocycles. The summed E-state index contributed by atoms with van der Waals surface area (Å²) >= 11 is 3.50. The highest BCUT2D eigenvalue weighted by Gasteiger charge is 2.52. The van der Waals surface area contributed by atoms with Gasteiger partial charge in [0.25, 0.3) is 0 Å². The molecule has 8 atom stereocenters. The maximum Gasteiger partial charge on any atom is 0.164 e. The standard InChI is InChI=1S/C21H37BrO3/c1-14-8-10-18-16(3)20(23-13-7-5-4-6-12-22)25-21-19(18)17(14)11-9-15(2)24-21/h14-21H,4-13H2,1-3H3. The van der Waals surface area contributed by atoms with Gasteiger partial charge in [0.1, 0.15) is 0 Å². The van der Waals surface area contributed by atoms with Crippen LogP contribution in [-0.4, -0.2) is 30.6 Å². The van der Waals surface area contributed by atoms with Gasteiger partial charge in [0.15, 0.2) is 12.6 Å². The van der Waals surface area contributed by atoms with E-state index in [0.717, 1.165) is 30.2 Å². The van der Waals surface area contributed by atoms with Crippen LogP contribution in [0.4, 0.5) is 0 Å². The third-order valence-corrected chi connectivity index (χ3v) is 7.51. The quantitative estimate of drug-likeness (QED) is 0.390. The third kappa shape index (κ3) is 4.80. The molecule has 0 spiro atoms. The van der Waals surface area contributed by atoms with Crippen LogP contribution in [0.1, 0.15) is 72.1 Å². The molecule has 3 fully saturated rings. The summed E-state index contributed by atoms with van der Waals surface area (Å²) in [5.41, 5.74) is 0. The number of ether oxygens (including phenoxy) is 3. The van der Waals surface area contributed by atoms with E-state index in [2.05, 4.69) is 36.7 Å². The summed E-state index contributed by atoms with van der Waals surface area (Å²) < 4.78 is 18.9. The van der Waals surface area contributed by atoms with Crippen molar-refractivity contribution in [2.24, 2.45) is 29.6 Å². The van der Waals surface area contributed by atoms with Crippen LogP contribution in [0.25, 0.3) is 0 Å². The van der Waals surface area contributed by atoms with Gasteiger partial charge in [-0.25, -0.2) is 0 Å². The molecule has 1 saturated carbocycles. The Balaban J connectivity index is 1.59. The predicted octanol–water partition coefficient (Wildman–Crippen LogP) is 5.75. The third-order valence-electron chi connectivity index (χ3n) is 6.95. The normalized spacial score (nSPS) is 44.2. The molecule has 3 rings (SSSR count). The van der Waals surface area contributed by atoms with Crippen LogP contribution >= 0.6 is 15.9 Å². The zero-order valence-electron chi connectivity index (χ0n) is 16.3. The molecule has 2 aliphatic heterocycles. The van der Waals surface area contributed by atoms with Gasteiger partial charge < -0.3 is 14.2 Å². The Hall–Kier alpha value is 0.360. The Bertz CT molecular complexity index is 405. The molecule has 2 heterocycles. The average Bonchev–Trinajstić information content (AvgIpc) is 2.76. The lowest BCUT2D eigenvalue weighted by Gasteiger charge is -2.51. The lowest BCUT2D eigenvalue weighted by Crippen LogP contribution is -2.53. The molecule has 4 heteroatoms. The molecule has 25 heavy (non-hydrogen) atoms. The van der Waals surface area contributed by atoms with E-state index in [1.165, 1.54) is 44.9 Å². The molecule has 0 bridgehead atoms. The van der Waals surface area contributed by atoms with E-state index >= 15 is 0 Å². The van der Waals surface area contributed by atoms with Crippen molar-refractivity contribution < 1.29 is 14.2 Å². The Kier molecular flexibility index (Phi) is 7.66. The number of halogens is 1. The van der Waals surface area contributed by atoms with Gasteiger partial charge in [0, 0.05) is 23.8 Å². The molecule has 3 aliphatic rings. The number of hydrogen-bond acceptors (Lipinski definition) is 3. The molecular weight excluding hydrogens is 380 g/mol. The first-order valence-electron chi connectivity index (χ1n) is 10.6. The Morgan fingerprint density at radius 2 is 1.64 bits per heavy atom. The van der Waals surface area contributed by atoms with Crippen molar-refractivity contribution in [1.29, 1.82) is 0 Å². The highest BCUT2D eigenvalue weighted by Crippen LogP contribution is 2.52. The summed E-state index contributed by atoms with van der Waals surface area (Å²) in [6, 6.07) is 0. The first-order valence-corrected chi connectivity index (χ1v) is 11.7. The van der Waals surface area contributed by atoms with Crippen molar-refractivity contribution in [3.05, 3.63) is 0 Å². The van der Waals surface area contributed by atoms with Crippen molar-refractivity contribution in [2.45, 2.75) is 90.8 Å². The van der Waals surface area contributed by atoms with Gasteiger partial charge in [0.05, 0.1) is 6.10 Å². The van der Waals surface area contributed by atoms with Crippen molar-refractivity contribution >= 4 is 15.9 Å². The van der Waals surface area contributed by atoms with Crippen molar-refractivity contribution in [3.63, 3.8) is 0 Å². The topological polar surface area (TPSA) is 27.7 Å². The fraction of sp³-hybridized carbons (Fsp3) is 1.00. The average molecular weight is 417 g/mol. The highest BCUT2D eigenvalue weighted by atomic mass is 79.9. The van der Waals surface area contributed by atoms with Gasteiger partial charge in [-0.05, 0) is 56.8 Å². The van der Waals surface area contributed by atoms with E-state index in [-0.39, 0.29) is 12.6 Å². The molecule has 0 aromatic carbocycles. The van der Waals surface area contributed by atoms with Crippen LogP contribution in [-0.2, 0) is 14.2 Å². The van der Waals surface area contributed by atoms with Crippen LogP contribution in [0, 0.1) is 29.6 Å². The van der Waals surface area contributed by atoms with E-state index in [1.54, 1.807) is 0 Å². The summed E-state index contributed by atoms with van der Waals surface area (Å²) in [5, 5.41) is 1.11. The van der Waals surface area contributed by atoms with Crippen molar-refractivity contribution in [3.8, 4) is 0 Å². The zero-order chi connectivity index (χ0) is 17.8. The number of hydrogen-bond donors (Lipinski definition) is 0. The molecule has 0 amide bonds. The second-order valence-corrected chi connectivity index (χ2v) is 9.48. The maximum atomic E-state index is 6.41. The fourth-order valence-corrected chi connectivity index (χ4v) is 5.79. The van der Waals surface area contributed by atoms with Crippen molar-refractivity contribution in [1.82, 2.24) is 0 Å². The van der Waals surface area contributed by atoms with Crippen molar-refractivity contribution in [2.75, 3.05) is 11.9 Å². The molecular formula is C21H37BrO3. The monoisotopic (exact) mass is 416 g/mol. The summed E-state index contributed by atoms with van der Waals surface area (Å²) in [5.74, 6) is 3.32. The predicted molar refractivity (Wildman–Crippen MR) is 105 cm³/mol. The summed E-state index contributed by atoms with van der Waals surface area (Å²) in [6.45, 7) is 7.81. The number of rotatable bonds is 7. The highest BCUT2D eigenvalue weighted by molar-refractivity contribution is 9.09. The largest absolute Gasteiger partial charge is 0.352 e. The van der Waals surface area contributed by atoms with Gasteiger partial charge in [0.2, 0.25) is 0 Å². The van der Waals surface area contributed by atoms with E-state index in [0.29, 0.717) is 23.9 Å². The number of alkyl halides is 1. The van der Waals surface area contributed by atoms with Crippen LogP contribution in [0.2, 0.25) is 0 Å². The maximum absolute atomic E-state index is 6.41. The van der Waals surface area contributed by atoms with Gasteiger partial charge >= 0.3 is 0 Å². The van der Waals surface area contributed by atoms with Gasteiger partial charge in [-0.1, -0.05) is 49.0 Å². The fourth-order valence-electron chi connectivity index (χ4n) is 5.39. The van der Waals surface area contributed by atoms with Crippen LogP contribution in [0.3, 0.4) is 0 Å². The smallest absolute Gasteiger partial charge is 0.164 e. The molecule has 8 unspecified atom stereocenters. The van der Waals surface area contributed by atoms with E-state index in [1.807, 2.05) is 0 Å². The molecule has 0 aromatic rings. The van der Waals surface area contributed by atoms with E-state index in [9.17, 15) is 0 Å². The molecule has 146 valence electrons. The first kappa shape index (κ1) is 20.1. The second kappa shape index (κ2) is 9.52. The van der Waals surface area contributed by atoms with E-state index in [4.69, 9.17) is 14.2 Å². The Labute approximate surface area is 162 Å². The van der Waals surface area contributed by atoms with Gasteiger partial charge in [-0.3, -0.25) is 0 Å². The molecule has 0 N–H and O–H groups in total. The minimum absolute atomic E-state index is 0.0511. The van der Waals surface area contributed by atoms with E-state index < -0.39 is 0 Å². The minimum Gasteiger partial charge on any atom is -0.352 e. The van der Waals surface area contributed by atoms with Crippen LogP contribution in [0.15, 0.2) is 0 Å². The Morgan fingerprint density at radius 1 is 0.880 bits per heavy atom. The molecule has 2 saturated heterocycles. The van der Waals surface area contributed by atoms with Crippen LogP contribution in [0.5, 0.6) is 0 Å². The zero-order valence-corrected chi connectivity index (χ0v) is 17.9. The second-order valence-electron chi connectivity index (χ2n) is 8.69. The summed E-state index contributed by atoms with van der Waals surface area (Å²) in [6.07, 6.45) is 10.2. The SMILES string of the molecule is CC1CCC2C(C)CCC3C(C)C(OCCCCCCBr)OC(O1)C23. The first-order chi connectivity index (χ1) is 12.1. The molecule has 3 nitrogen and oxygen atoms in total. The summed E-state index contributed by atoms with van der Waals surface area (Å²) in [7, 11) is 0.